The molecule has 1 aliphatic heterocycles. The smallest absolute Gasteiger partial charge is 0.145 e. The van der Waals surface area contributed by atoms with Crippen LogP contribution >= 0.6 is 0 Å². The highest BCUT2D eigenvalue weighted by molar-refractivity contribution is 5.88. The van der Waals surface area contributed by atoms with Gasteiger partial charge in [0.15, 0.2) is 0 Å². The van der Waals surface area contributed by atoms with Crippen LogP contribution in [0.25, 0.3) is 0 Å². The summed E-state index contributed by atoms with van der Waals surface area (Å²) < 4.78 is 5.36. The highest BCUT2D eigenvalue weighted by Crippen LogP contribution is 2.37. The van der Waals surface area contributed by atoms with E-state index in [9.17, 15) is 4.79 Å². The van der Waals surface area contributed by atoms with E-state index in [4.69, 9.17) is 10.5 Å². The molecule has 2 N–H and O–H groups in total. The van der Waals surface area contributed by atoms with Crippen LogP contribution in [-0.4, -0.2) is 25.0 Å². The quantitative estimate of drug-likeness (QED) is 0.779. The van der Waals surface area contributed by atoms with E-state index in [-0.39, 0.29) is 12.0 Å². The molecule has 1 heterocycles. The number of carbonyl (C=O) groups is 1. The Balaban J connectivity index is 2.01. The second-order valence-electron chi connectivity index (χ2n) is 5.86. The Kier molecular flexibility index (Phi) is 3.36. The van der Waals surface area contributed by atoms with Gasteiger partial charge in [0.1, 0.15) is 5.78 Å². The Morgan fingerprint density at radius 3 is 2.44 bits per heavy atom. The first-order valence-corrected chi connectivity index (χ1v) is 6.41. The number of nitrogens with two attached hydrogens (primary N) is 1. The number of ketones is 1. The minimum absolute atomic E-state index is 0.112. The second-order valence-corrected chi connectivity index (χ2v) is 5.86. The van der Waals surface area contributed by atoms with Gasteiger partial charge in [-0.3, -0.25) is 4.79 Å². The van der Waals surface area contributed by atoms with Crippen LogP contribution in [0, 0.1) is 17.3 Å². The van der Waals surface area contributed by atoms with Crippen molar-refractivity contribution in [1.82, 2.24) is 0 Å². The summed E-state index contributed by atoms with van der Waals surface area (Å²) in [5.74, 6) is 1.36. The number of hydrogen-bond donors (Lipinski definition) is 1. The van der Waals surface area contributed by atoms with Crippen molar-refractivity contribution in [1.29, 1.82) is 0 Å². The van der Waals surface area contributed by atoms with Crippen LogP contribution in [0.15, 0.2) is 0 Å². The second kappa shape index (κ2) is 4.46. The van der Waals surface area contributed by atoms with Crippen LogP contribution in [0.4, 0.5) is 0 Å². The molecule has 1 saturated heterocycles. The van der Waals surface area contributed by atoms with Gasteiger partial charge in [-0.15, -0.1) is 0 Å². The summed E-state index contributed by atoms with van der Waals surface area (Å²) in [6.07, 6.45) is 4.45. The number of ether oxygens (including phenoxy) is 1. The summed E-state index contributed by atoms with van der Waals surface area (Å²) in [7, 11) is 0. The predicted molar refractivity (Wildman–Crippen MR) is 63.0 cm³/mol. The summed E-state index contributed by atoms with van der Waals surface area (Å²) in [4.78, 5) is 12.5. The average Bonchev–Trinajstić information content (AvgIpc) is 2.61. The van der Waals surface area contributed by atoms with Crippen molar-refractivity contribution in [3.05, 3.63) is 0 Å². The van der Waals surface area contributed by atoms with Crippen LogP contribution in [0.3, 0.4) is 0 Å². The van der Waals surface area contributed by atoms with Gasteiger partial charge < -0.3 is 10.5 Å². The van der Waals surface area contributed by atoms with Gasteiger partial charge in [0, 0.05) is 12.0 Å². The van der Waals surface area contributed by atoms with Crippen LogP contribution in [0.1, 0.15) is 39.5 Å². The van der Waals surface area contributed by atoms with Gasteiger partial charge in [-0.25, -0.2) is 0 Å². The molecule has 3 nitrogen and oxygen atoms in total. The number of carbonyl (C=O) groups excluding carboxylic acids is 1. The summed E-state index contributed by atoms with van der Waals surface area (Å²) in [5.41, 5.74) is 5.58. The Hall–Kier alpha value is -0.410. The Morgan fingerprint density at radius 1 is 1.31 bits per heavy atom. The lowest BCUT2D eigenvalue weighted by atomic mass is 9.70. The molecule has 0 aromatic carbocycles. The maximum absolute atomic E-state index is 12.5. The molecule has 2 fully saturated rings. The summed E-state index contributed by atoms with van der Waals surface area (Å²) >= 11 is 0. The number of hydrogen-bond acceptors (Lipinski definition) is 3. The van der Waals surface area contributed by atoms with Crippen LogP contribution in [0.2, 0.25) is 0 Å². The topological polar surface area (TPSA) is 52.3 Å². The molecule has 2 atom stereocenters. The van der Waals surface area contributed by atoms with E-state index in [1.54, 1.807) is 0 Å². The minimum atomic E-state index is -0.425. The zero-order valence-electron chi connectivity index (χ0n) is 10.4. The van der Waals surface area contributed by atoms with Gasteiger partial charge in [-0.1, -0.05) is 19.8 Å². The Labute approximate surface area is 97.7 Å². The van der Waals surface area contributed by atoms with Gasteiger partial charge in [-0.2, -0.15) is 0 Å². The molecule has 0 aromatic rings. The number of Topliss-reactive ketones (excluding diaryl/α,β-unsaturated/α-hetero) is 1. The molecule has 16 heavy (non-hydrogen) atoms. The Bertz CT molecular complexity index is 271. The molecule has 0 bridgehead atoms. The van der Waals surface area contributed by atoms with Gasteiger partial charge in [-0.05, 0) is 25.7 Å². The zero-order chi connectivity index (χ0) is 11.8. The predicted octanol–water partition coefficient (Wildman–Crippen LogP) is 1.75. The molecule has 0 amide bonds. The van der Waals surface area contributed by atoms with E-state index in [0.717, 1.165) is 18.8 Å². The van der Waals surface area contributed by atoms with Crippen molar-refractivity contribution in [2.24, 2.45) is 23.0 Å². The third kappa shape index (κ3) is 2.03. The maximum Gasteiger partial charge on any atom is 0.145 e. The third-order valence-corrected chi connectivity index (χ3v) is 4.47. The van der Waals surface area contributed by atoms with E-state index in [1.807, 2.05) is 6.92 Å². The Morgan fingerprint density at radius 2 is 1.94 bits per heavy atom. The fraction of sp³-hybridized carbons (Fsp3) is 0.923. The van der Waals surface area contributed by atoms with Crippen molar-refractivity contribution >= 4 is 5.78 Å². The monoisotopic (exact) mass is 225 g/mol. The van der Waals surface area contributed by atoms with Gasteiger partial charge in [0.05, 0.1) is 18.6 Å². The first-order valence-electron chi connectivity index (χ1n) is 6.41. The molecular formula is C13H23NO2. The highest BCUT2D eigenvalue weighted by atomic mass is 16.5. The molecule has 1 aliphatic carbocycles. The van der Waals surface area contributed by atoms with Crippen LogP contribution < -0.4 is 5.73 Å². The lowest BCUT2D eigenvalue weighted by Crippen LogP contribution is -2.47. The van der Waals surface area contributed by atoms with Crippen molar-refractivity contribution in [2.75, 3.05) is 13.2 Å². The van der Waals surface area contributed by atoms with E-state index >= 15 is 0 Å². The molecular weight excluding hydrogens is 202 g/mol. The van der Waals surface area contributed by atoms with Gasteiger partial charge in [0.25, 0.3) is 0 Å². The maximum atomic E-state index is 12.5. The summed E-state index contributed by atoms with van der Waals surface area (Å²) in [5, 5.41) is 0. The fourth-order valence-electron chi connectivity index (χ4n) is 2.93. The normalized spacial score (nSPS) is 44.6. The van der Waals surface area contributed by atoms with Gasteiger partial charge in [0.2, 0.25) is 0 Å². The van der Waals surface area contributed by atoms with Crippen molar-refractivity contribution < 1.29 is 9.53 Å². The van der Waals surface area contributed by atoms with E-state index in [0.29, 0.717) is 19.0 Å². The molecule has 92 valence electrons. The largest absolute Gasteiger partial charge is 0.379 e. The third-order valence-electron chi connectivity index (χ3n) is 4.47. The van der Waals surface area contributed by atoms with Crippen molar-refractivity contribution in [2.45, 2.75) is 45.6 Å². The minimum Gasteiger partial charge on any atom is -0.379 e. The van der Waals surface area contributed by atoms with Crippen molar-refractivity contribution in [3.63, 3.8) is 0 Å². The molecule has 1 saturated carbocycles. The van der Waals surface area contributed by atoms with E-state index in [1.165, 1.54) is 12.8 Å². The van der Waals surface area contributed by atoms with E-state index < -0.39 is 5.41 Å². The summed E-state index contributed by atoms with van der Waals surface area (Å²) in [6, 6.07) is -0.112. The SMILES string of the molecule is CC1CCC(C(=O)C2(C)COCC2N)CC1. The first kappa shape index (κ1) is 12.1. The number of rotatable bonds is 2. The molecule has 2 aliphatic rings. The molecule has 2 rings (SSSR count). The fourth-order valence-corrected chi connectivity index (χ4v) is 2.93. The lowest BCUT2D eigenvalue weighted by Gasteiger charge is -2.33. The lowest BCUT2D eigenvalue weighted by molar-refractivity contribution is -0.133. The molecule has 2 unspecified atom stereocenters. The van der Waals surface area contributed by atoms with Gasteiger partial charge >= 0.3 is 0 Å². The first-order chi connectivity index (χ1) is 7.54. The van der Waals surface area contributed by atoms with Crippen LogP contribution in [0.5, 0.6) is 0 Å². The summed E-state index contributed by atoms with van der Waals surface area (Å²) in [6.45, 7) is 5.29. The standard InChI is InChI=1S/C13H23NO2/c1-9-3-5-10(6-4-9)12(15)13(2)8-16-7-11(13)14/h9-11H,3-8,14H2,1-2H3. The molecule has 0 aromatic heterocycles. The molecule has 3 heteroatoms. The van der Waals surface area contributed by atoms with Crippen LogP contribution in [-0.2, 0) is 9.53 Å². The van der Waals surface area contributed by atoms with Crippen molar-refractivity contribution in [3.8, 4) is 0 Å². The van der Waals surface area contributed by atoms with E-state index in [2.05, 4.69) is 6.92 Å². The average molecular weight is 225 g/mol. The zero-order valence-corrected chi connectivity index (χ0v) is 10.4. The molecule has 0 spiro atoms. The molecule has 0 radical (unpaired) electrons. The highest BCUT2D eigenvalue weighted by Gasteiger charge is 2.46.